The van der Waals surface area contributed by atoms with Gasteiger partial charge in [-0.25, -0.2) is 4.79 Å². The maximum absolute atomic E-state index is 12.5. The highest BCUT2D eigenvalue weighted by Crippen LogP contribution is 2.27. The Labute approximate surface area is 121 Å². The van der Waals surface area contributed by atoms with Gasteiger partial charge in [0.25, 0.3) is 0 Å². The molecule has 1 aliphatic carbocycles. The van der Waals surface area contributed by atoms with E-state index in [1.54, 1.807) is 11.9 Å². The summed E-state index contributed by atoms with van der Waals surface area (Å²) in [5.41, 5.74) is 0. The number of carboxylic acids is 1. The fourth-order valence-electron chi connectivity index (χ4n) is 2.77. The van der Waals surface area contributed by atoms with Gasteiger partial charge in [-0.2, -0.15) is 0 Å². The summed E-state index contributed by atoms with van der Waals surface area (Å²) < 4.78 is 0. The van der Waals surface area contributed by atoms with Crippen molar-refractivity contribution in [2.24, 2.45) is 5.92 Å². The molecule has 0 heterocycles. The molecule has 1 N–H and O–H groups in total. The molecule has 5 nitrogen and oxygen atoms in total. The van der Waals surface area contributed by atoms with E-state index in [1.807, 2.05) is 13.8 Å². The Balaban J connectivity index is 2.70. The topological polar surface area (TPSA) is 60.9 Å². The lowest BCUT2D eigenvalue weighted by Gasteiger charge is -2.38. The van der Waals surface area contributed by atoms with Crippen molar-refractivity contribution in [3.8, 4) is 0 Å². The Bertz CT molecular complexity index is 338. The minimum absolute atomic E-state index is 0.0523. The van der Waals surface area contributed by atoms with Crippen molar-refractivity contribution in [3.05, 3.63) is 0 Å². The second-order valence-electron chi connectivity index (χ2n) is 6.09. The highest BCUT2D eigenvalue weighted by Gasteiger charge is 2.30. The van der Waals surface area contributed by atoms with Crippen LogP contribution in [0.3, 0.4) is 0 Å². The maximum atomic E-state index is 12.5. The van der Waals surface area contributed by atoms with E-state index in [1.165, 1.54) is 4.90 Å². The van der Waals surface area contributed by atoms with Crippen molar-refractivity contribution in [1.29, 1.82) is 0 Å². The Morgan fingerprint density at radius 1 is 1.25 bits per heavy atom. The Kier molecular flexibility index (Phi) is 6.30. The number of rotatable bonds is 5. The number of amides is 2. The molecule has 0 bridgehead atoms. The summed E-state index contributed by atoms with van der Waals surface area (Å²) in [4.78, 5) is 26.7. The monoisotopic (exact) mass is 284 g/mol. The third kappa shape index (κ3) is 4.39. The molecule has 1 fully saturated rings. The molecule has 0 aliphatic heterocycles. The molecule has 2 amide bonds. The van der Waals surface area contributed by atoms with Gasteiger partial charge in [-0.05, 0) is 44.9 Å². The van der Waals surface area contributed by atoms with Gasteiger partial charge in [-0.15, -0.1) is 0 Å². The van der Waals surface area contributed by atoms with E-state index in [0.29, 0.717) is 0 Å². The number of carbonyl (C=O) groups is 2. The average molecular weight is 284 g/mol. The van der Waals surface area contributed by atoms with E-state index in [4.69, 9.17) is 5.11 Å². The fourth-order valence-corrected chi connectivity index (χ4v) is 2.77. The van der Waals surface area contributed by atoms with Crippen LogP contribution >= 0.6 is 0 Å². The minimum Gasteiger partial charge on any atom is -0.480 e. The second kappa shape index (κ2) is 7.50. The lowest BCUT2D eigenvalue weighted by Crippen LogP contribution is -2.51. The third-order valence-electron chi connectivity index (χ3n) is 4.51. The Morgan fingerprint density at radius 3 is 2.25 bits per heavy atom. The van der Waals surface area contributed by atoms with Crippen molar-refractivity contribution in [1.82, 2.24) is 9.80 Å². The standard InChI is InChI=1S/C15H28N2O3/c1-5-12(3)17(10-14(18)19)15(20)16(4)13-8-6-11(2)7-9-13/h11-13H,5-10H2,1-4H3,(H,18,19). The van der Waals surface area contributed by atoms with Crippen LogP contribution in [0.2, 0.25) is 0 Å². The summed E-state index contributed by atoms with van der Waals surface area (Å²) in [6, 6.07) is 0.0453. The molecule has 0 radical (unpaired) electrons. The van der Waals surface area contributed by atoms with Gasteiger partial charge in [0.2, 0.25) is 0 Å². The van der Waals surface area contributed by atoms with E-state index in [9.17, 15) is 9.59 Å². The van der Waals surface area contributed by atoms with Crippen LogP contribution in [-0.4, -0.2) is 52.6 Å². The molecule has 0 aromatic heterocycles. The SMILES string of the molecule is CCC(C)N(CC(=O)O)C(=O)N(C)C1CCC(C)CC1. The summed E-state index contributed by atoms with van der Waals surface area (Å²) in [7, 11) is 1.81. The van der Waals surface area contributed by atoms with Crippen LogP contribution in [0.4, 0.5) is 4.79 Å². The van der Waals surface area contributed by atoms with Gasteiger partial charge >= 0.3 is 12.0 Å². The number of carboxylic acid groups (broad SMARTS) is 1. The second-order valence-corrected chi connectivity index (χ2v) is 6.09. The van der Waals surface area contributed by atoms with E-state index in [-0.39, 0.29) is 24.7 Å². The molecular formula is C15H28N2O3. The molecule has 1 saturated carbocycles. The van der Waals surface area contributed by atoms with Crippen molar-refractivity contribution in [2.75, 3.05) is 13.6 Å². The zero-order valence-electron chi connectivity index (χ0n) is 13.1. The zero-order chi connectivity index (χ0) is 15.3. The Morgan fingerprint density at radius 2 is 1.80 bits per heavy atom. The first-order valence-corrected chi connectivity index (χ1v) is 7.62. The molecule has 0 saturated heterocycles. The van der Waals surface area contributed by atoms with Crippen LogP contribution in [-0.2, 0) is 4.79 Å². The summed E-state index contributed by atoms with van der Waals surface area (Å²) in [6.07, 6.45) is 5.08. The van der Waals surface area contributed by atoms with E-state index < -0.39 is 5.97 Å². The van der Waals surface area contributed by atoms with Crippen LogP contribution < -0.4 is 0 Å². The number of hydrogen-bond acceptors (Lipinski definition) is 2. The van der Waals surface area contributed by atoms with Gasteiger partial charge in [0.15, 0.2) is 0 Å². The number of urea groups is 1. The lowest BCUT2D eigenvalue weighted by molar-refractivity contribution is -0.138. The lowest BCUT2D eigenvalue weighted by atomic mass is 9.87. The maximum Gasteiger partial charge on any atom is 0.323 e. The van der Waals surface area contributed by atoms with Crippen molar-refractivity contribution in [2.45, 2.75) is 65.0 Å². The van der Waals surface area contributed by atoms with Crippen LogP contribution in [0.1, 0.15) is 52.9 Å². The molecule has 20 heavy (non-hydrogen) atoms. The summed E-state index contributed by atoms with van der Waals surface area (Å²) in [5.74, 6) is -0.219. The molecule has 1 rings (SSSR count). The largest absolute Gasteiger partial charge is 0.480 e. The zero-order valence-corrected chi connectivity index (χ0v) is 13.1. The highest BCUT2D eigenvalue weighted by atomic mass is 16.4. The van der Waals surface area contributed by atoms with Crippen LogP contribution in [0.5, 0.6) is 0 Å². The minimum atomic E-state index is -0.954. The molecule has 0 aromatic rings. The molecule has 1 atom stereocenters. The summed E-state index contributed by atoms with van der Waals surface area (Å²) in [6.45, 7) is 5.89. The molecule has 0 spiro atoms. The van der Waals surface area contributed by atoms with Gasteiger partial charge in [0, 0.05) is 19.1 Å². The molecule has 0 aromatic carbocycles. The van der Waals surface area contributed by atoms with E-state index in [0.717, 1.165) is 38.0 Å². The predicted octanol–water partition coefficient (Wildman–Crippen LogP) is 2.80. The first-order valence-electron chi connectivity index (χ1n) is 7.62. The van der Waals surface area contributed by atoms with Crippen LogP contribution in [0, 0.1) is 5.92 Å². The quantitative estimate of drug-likeness (QED) is 0.844. The number of carbonyl (C=O) groups excluding carboxylic acids is 1. The van der Waals surface area contributed by atoms with E-state index >= 15 is 0 Å². The van der Waals surface area contributed by atoms with Gasteiger partial charge in [-0.3, -0.25) is 4.79 Å². The predicted molar refractivity (Wildman–Crippen MR) is 78.7 cm³/mol. The van der Waals surface area contributed by atoms with Gasteiger partial charge in [-0.1, -0.05) is 13.8 Å². The highest BCUT2D eigenvalue weighted by molar-refractivity contribution is 5.80. The van der Waals surface area contributed by atoms with Crippen molar-refractivity contribution < 1.29 is 14.7 Å². The summed E-state index contributed by atoms with van der Waals surface area (Å²) >= 11 is 0. The van der Waals surface area contributed by atoms with Gasteiger partial charge < -0.3 is 14.9 Å². The number of aliphatic carboxylic acids is 1. The smallest absolute Gasteiger partial charge is 0.323 e. The fraction of sp³-hybridized carbons (Fsp3) is 0.867. The Hall–Kier alpha value is -1.26. The number of hydrogen-bond donors (Lipinski definition) is 1. The molecule has 116 valence electrons. The first kappa shape index (κ1) is 16.8. The van der Waals surface area contributed by atoms with Crippen LogP contribution in [0.15, 0.2) is 0 Å². The van der Waals surface area contributed by atoms with E-state index in [2.05, 4.69) is 6.92 Å². The molecular weight excluding hydrogens is 256 g/mol. The third-order valence-corrected chi connectivity index (χ3v) is 4.51. The van der Waals surface area contributed by atoms with Gasteiger partial charge in [0.05, 0.1) is 0 Å². The van der Waals surface area contributed by atoms with Gasteiger partial charge in [0.1, 0.15) is 6.54 Å². The normalized spacial score (nSPS) is 24.0. The summed E-state index contributed by atoms with van der Waals surface area (Å²) in [5, 5.41) is 8.99. The first-order chi connectivity index (χ1) is 9.36. The molecule has 1 unspecified atom stereocenters. The molecule has 5 heteroatoms. The van der Waals surface area contributed by atoms with Crippen molar-refractivity contribution >= 4 is 12.0 Å². The van der Waals surface area contributed by atoms with Crippen LogP contribution in [0.25, 0.3) is 0 Å². The van der Waals surface area contributed by atoms with Crippen molar-refractivity contribution in [3.63, 3.8) is 0 Å². The molecule has 1 aliphatic rings. The number of nitrogens with zero attached hydrogens (tertiary/aromatic N) is 2. The average Bonchev–Trinajstić information content (AvgIpc) is 2.43.